The number of rotatable bonds is 4. The van der Waals surface area contributed by atoms with Crippen LogP contribution in [0, 0.1) is 0 Å². The van der Waals surface area contributed by atoms with Gasteiger partial charge in [0.25, 0.3) is 0 Å². The summed E-state index contributed by atoms with van der Waals surface area (Å²) in [7, 11) is 1.59. The number of thiocarbonyl (C=S) groups is 1. The van der Waals surface area contributed by atoms with E-state index in [0.29, 0.717) is 11.4 Å². The molecule has 1 aromatic rings. The van der Waals surface area contributed by atoms with Gasteiger partial charge >= 0.3 is 0 Å². The second kappa shape index (κ2) is 7.66. The Morgan fingerprint density at radius 3 is 2.71 bits per heavy atom. The highest BCUT2D eigenvalue weighted by Crippen LogP contribution is 2.25. The molecule has 21 heavy (non-hydrogen) atoms. The van der Waals surface area contributed by atoms with E-state index >= 15 is 0 Å². The average Bonchev–Trinajstić information content (AvgIpc) is 3.02. The van der Waals surface area contributed by atoms with E-state index in [1.165, 1.54) is 24.6 Å². The molecule has 0 unspecified atom stereocenters. The molecule has 1 atom stereocenters. The van der Waals surface area contributed by atoms with Crippen LogP contribution in [0.15, 0.2) is 24.3 Å². The Morgan fingerprint density at radius 2 is 2.05 bits per heavy atom. The van der Waals surface area contributed by atoms with Crippen LogP contribution in [0.1, 0.15) is 19.8 Å². The summed E-state index contributed by atoms with van der Waals surface area (Å²) in [6.07, 6.45) is 2.37. The minimum absolute atomic E-state index is 0.0638. The van der Waals surface area contributed by atoms with Crippen LogP contribution < -0.4 is 10.1 Å². The Labute approximate surface area is 135 Å². The van der Waals surface area contributed by atoms with Crippen LogP contribution in [0.4, 0.5) is 5.69 Å². The van der Waals surface area contributed by atoms with Crippen LogP contribution in [-0.2, 0) is 4.79 Å². The summed E-state index contributed by atoms with van der Waals surface area (Å²) in [4.78, 5) is 14.4. The van der Waals surface area contributed by atoms with Gasteiger partial charge in [0, 0.05) is 13.1 Å². The zero-order valence-electron chi connectivity index (χ0n) is 12.3. The number of nitrogens with zero attached hydrogens (tertiary/aromatic N) is 1. The fraction of sp³-hybridized carbons (Fsp3) is 0.467. The zero-order valence-corrected chi connectivity index (χ0v) is 13.9. The molecule has 1 fully saturated rings. The monoisotopic (exact) mass is 324 g/mol. The molecule has 1 heterocycles. The van der Waals surface area contributed by atoms with Gasteiger partial charge in [0.15, 0.2) is 0 Å². The minimum Gasteiger partial charge on any atom is -0.495 e. The van der Waals surface area contributed by atoms with Crippen molar-refractivity contribution in [2.24, 2.45) is 0 Å². The van der Waals surface area contributed by atoms with Gasteiger partial charge in [-0.25, -0.2) is 0 Å². The summed E-state index contributed by atoms with van der Waals surface area (Å²) in [5.41, 5.74) is 0.685. The van der Waals surface area contributed by atoms with Crippen molar-refractivity contribution in [1.82, 2.24) is 4.90 Å². The molecular weight excluding hydrogens is 304 g/mol. The van der Waals surface area contributed by atoms with Crippen LogP contribution in [0.5, 0.6) is 5.75 Å². The number of methoxy groups -OCH3 is 1. The fourth-order valence-corrected chi connectivity index (χ4v) is 3.58. The molecule has 1 amide bonds. The lowest BCUT2D eigenvalue weighted by Gasteiger charge is -2.20. The first-order valence-electron chi connectivity index (χ1n) is 7.01. The molecule has 0 aliphatic carbocycles. The standard InChI is InChI=1S/C15H20N2O2S2/c1-11(21-15(20)17-9-5-6-10-17)14(18)16-12-7-3-4-8-13(12)19-2/h3-4,7-8,11H,5-6,9-10H2,1-2H3,(H,16,18)/t11-/m0/s1. The number of likely N-dealkylation sites (tertiary alicyclic amines) is 1. The lowest BCUT2D eigenvalue weighted by Crippen LogP contribution is -2.29. The number of amides is 1. The summed E-state index contributed by atoms with van der Waals surface area (Å²) in [5.74, 6) is 0.594. The Bertz CT molecular complexity index is 516. The van der Waals surface area contributed by atoms with Crippen molar-refractivity contribution in [2.45, 2.75) is 25.0 Å². The van der Waals surface area contributed by atoms with Gasteiger partial charge in [0.05, 0.1) is 18.0 Å². The van der Waals surface area contributed by atoms with Crippen molar-refractivity contribution in [1.29, 1.82) is 0 Å². The maximum atomic E-state index is 12.3. The highest BCUT2D eigenvalue weighted by Gasteiger charge is 2.21. The molecule has 114 valence electrons. The Morgan fingerprint density at radius 1 is 1.38 bits per heavy atom. The van der Waals surface area contributed by atoms with Crippen LogP contribution in [0.2, 0.25) is 0 Å². The van der Waals surface area contributed by atoms with Gasteiger partial charge in [0.1, 0.15) is 10.1 Å². The molecule has 0 saturated carbocycles. The lowest BCUT2D eigenvalue weighted by molar-refractivity contribution is -0.115. The van der Waals surface area contributed by atoms with Crippen LogP contribution in [0.3, 0.4) is 0 Å². The topological polar surface area (TPSA) is 41.6 Å². The second-order valence-electron chi connectivity index (χ2n) is 4.91. The van der Waals surface area contributed by atoms with Gasteiger partial charge in [-0.2, -0.15) is 0 Å². The number of hydrogen-bond donors (Lipinski definition) is 1. The first kappa shape index (κ1) is 16.1. The highest BCUT2D eigenvalue weighted by molar-refractivity contribution is 8.23. The Kier molecular flexibility index (Phi) is 5.87. The Hall–Kier alpha value is -1.27. The summed E-state index contributed by atoms with van der Waals surface area (Å²) < 4.78 is 6.05. The van der Waals surface area contributed by atoms with E-state index in [2.05, 4.69) is 10.2 Å². The third-order valence-corrected chi connectivity index (χ3v) is 4.95. The molecule has 6 heteroatoms. The van der Waals surface area contributed by atoms with Crippen LogP contribution in [-0.4, -0.2) is 40.6 Å². The smallest absolute Gasteiger partial charge is 0.237 e. The maximum Gasteiger partial charge on any atom is 0.237 e. The van der Waals surface area contributed by atoms with Crippen molar-refractivity contribution < 1.29 is 9.53 Å². The number of thioether (sulfide) groups is 1. The largest absolute Gasteiger partial charge is 0.495 e. The van der Waals surface area contributed by atoms with Crippen molar-refractivity contribution in [3.63, 3.8) is 0 Å². The van der Waals surface area contributed by atoms with E-state index in [0.717, 1.165) is 17.4 Å². The van der Waals surface area contributed by atoms with E-state index < -0.39 is 0 Å². The summed E-state index contributed by atoms with van der Waals surface area (Å²) in [5, 5.41) is 2.66. The number of benzene rings is 1. The summed E-state index contributed by atoms with van der Waals surface area (Å²) >= 11 is 6.85. The zero-order chi connectivity index (χ0) is 15.2. The van der Waals surface area contributed by atoms with E-state index in [-0.39, 0.29) is 11.2 Å². The van der Waals surface area contributed by atoms with E-state index in [1.54, 1.807) is 7.11 Å². The van der Waals surface area contributed by atoms with E-state index in [4.69, 9.17) is 17.0 Å². The highest BCUT2D eigenvalue weighted by atomic mass is 32.2. The molecule has 4 nitrogen and oxygen atoms in total. The second-order valence-corrected chi connectivity index (χ2v) is 6.88. The van der Waals surface area contributed by atoms with Crippen molar-refractivity contribution in [2.75, 3.05) is 25.5 Å². The summed E-state index contributed by atoms with van der Waals surface area (Å²) in [6, 6.07) is 7.38. The fourth-order valence-electron chi connectivity index (χ4n) is 2.16. The number of anilines is 1. The quantitative estimate of drug-likeness (QED) is 0.862. The number of hydrogen-bond acceptors (Lipinski definition) is 4. The van der Waals surface area contributed by atoms with E-state index in [1.807, 2.05) is 31.2 Å². The summed E-state index contributed by atoms with van der Waals surface area (Å²) in [6.45, 7) is 3.89. The van der Waals surface area contributed by atoms with Crippen LogP contribution in [0.25, 0.3) is 0 Å². The molecule has 1 aliphatic heterocycles. The van der Waals surface area contributed by atoms with Gasteiger partial charge in [-0.3, -0.25) is 4.79 Å². The number of ether oxygens (including phenoxy) is 1. The number of para-hydroxylation sites is 2. The molecule has 1 saturated heterocycles. The Balaban J connectivity index is 1.91. The van der Waals surface area contributed by atoms with Gasteiger partial charge in [0.2, 0.25) is 5.91 Å². The van der Waals surface area contributed by atoms with Gasteiger partial charge < -0.3 is 15.0 Å². The third kappa shape index (κ3) is 4.35. The predicted molar refractivity (Wildman–Crippen MR) is 92.1 cm³/mol. The molecule has 1 N–H and O–H groups in total. The molecular formula is C15H20N2O2S2. The van der Waals surface area contributed by atoms with E-state index in [9.17, 15) is 4.79 Å². The average molecular weight is 324 g/mol. The van der Waals surface area contributed by atoms with Gasteiger partial charge in [-0.15, -0.1) is 0 Å². The minimum atomic E-state index is -0.233. The first-order valence-corrected chi connectivity index (χ1v) is 8.30. The molecule has 0 bridgehead atoms. The number of carbonyl (C=O) groups is 1. The first-order chi connectivity index (χ1) is 10.1. The lowest BCUT2D eigenvalue weighted by atomic mass is 10.3. The third-order valence-electron chi connectivity index (χ3n) is 3.38. The number of carbonyl (C=O) groups excluding carboxylic acids is 1. The maximum absolute atomic E-state index is 12.3. The normalized spacial score (nSPS) is 15.6. The molecule has 0 spiro atoms. The molecule has 1 aliphatic rings. The molecule has 1 aromatic carbocycles. The molecule has 2 rings (SSSR count). The van der Waals surface area contributed by atoms with Gasteiger partial charge in [-0.1, -0.05) is 36.1 Å². The number of nitrogens with one attached hydrogen (secondary N) is 1. The van der Waals surface area contributed by atoms with Crippen molar-refractivity contribution >= 4 is 39.9 Å². The SMILES string of the molecule is COc1ccccc1NC(=O)[C@H](C)SC(=S)N1CCCC1. The molecule has 0 aromatic heterocycles. The van der Waals surface area contributed by atoms with Crippen molar-refractivity contribution in [3.8, 4) is 5.75 Å². The predicted octanol–water partition coefficient (Wildman–Crippen LogP) is 3.14. The molecule has 0 radical (unpaired) electrons. The van der Waals surface area contributed by atoms with Crippen LogP contribution >= 0.6 is 24.0 Å². The van der Waals surface area contributed by atoms with Crippen molar-refractivity contribution in [3.05, 3.63) is 24.3 Å². The van der Waals surface area contributed by atoms with Gasteiger partial charge in [-0.05, 0) is 31.9 Å².